The molecule has 0 unspecified atom stereocenters. The van der Waals surface area contributed by atoms with Crippen molar-refractivity contribution in [3.63, 3.8) is 0 Å². The van der Waals surface area contributed by atoms with Crippen LogP contribution in [0.25, 0.3) is 0 Å². The summed E-state index contributed by atoms with van der Waals surface area (Å²) in [6.07, 6.45) is 0. The van der Waals surface area contributed by atoms with Crippen LogP contribution < -0.4 is 9.47 Å². The van der Waals surface area contributed by atoms with Gasteiger partial charge in [-0.1, -0.05) is 50.2 Å². The standard InChI is InChI=1S/C15H16O2.2CH4/c1-12-3-7-14(8-4-12)16-11-17-15-9-5-13(2)6-10-15;;/h3-10H,11H2,1-2H3;2*1H4. The highest BCUT2D eigenvalue weighted by Gasteiger charge is 1.95. The fourth-order valence-electron chi connectivity index (χ4n) is 1.43. The van der Waals surface area contributed by atoms with E-state index in [0.717, 1.165) is 11.5 Å². The second-order valence-corrected chi connectivity index (χ2v) is 4.03. The third-order valence-electron chi connectivity index (χ3n) is 2.49. The van der Waals surface area contributed by atoms with Crippen molar-refractivity contribution in [1.29, 1.82) is 0 Å². The Labute approximate surface area is 117 Å². The molecule has 0 N–H and O–H groups in total. The zero-order chi connectivity index (χ0) is 12.1. The molecule has 0 aromatic heterocycles. The van der Waals surface area contributed by atoms with Crippen molar-refractivity contribution in [1.82, 2.24) is 0 Å². The molecule has 0 radical (unpaired) electrons. The van der Waals surface area contributed by atoms with Gasteiger partial charge in [0, 0.05) is 0 Å². The summed E-state index contributed by atoms with van der Waals surface area (Å²) >= 11 is 0. The van der Waals surface area contributed by atoms with Gasteiger partial charge < -0.3 is 9.47 Å². The molecule has 2 nitrogen and oxygen atoms in total. The van der Waals surface area contributed by atoms with Crippen molar-refractivity contribution in [2.45, 2.75) is 28.7 Å². The Morgan fingerprint density at radius 2 is 0.947 bits per heavy atom. The smallest absolute Gasteiger partial charge is 0.230 e. The lowest BCUT2D eigenvalue weighted by Gasteiger charge is -2.08. The van der Waals surface area contributed by atoms with Gasteiger partial charge in [0.2, 0.25) is 6.79 Å². The van der Waals surface area contributed by atoms with E-state index in [1.807, 2.05) is 62.4 Å². The highest BCUT2D eigenvalue weighted by Crippen LogP contribution is 2.14. The van der Waals surface area contributed by atoms with E-state index in [0.29, 0.717) is 0 Å². The van der Waals surface area contributed by atoms with Gasteiger partial charge in [-0.15, -0.1) is 0 Å². The van der Waals surface area contributed by atoms with E-state index in [2.05, 4.69) is 0 Å². The van der Waals surface area contributed by atoms with E-state index in [-0.39, 0.29) is 21.6 Å². The maximum absolute atomic E-state index is 5.47. The summed E-state index contributed by atoms with van der Waals surface area (Å²) in [4.78, 5) is 0. The first-order valence-corrected chi connectivity index (χ1v) is 5.63. The highest BCUT2D eigenvalue weighted by molar-refractivity contribution is 5.27. The van der Waals surface area contributed by atoms with Crippen LogP contribution in [-0.4, -0.2) is 6.79 Å². The molecule has 0 bridgehead atoms. The summed E-state index contributed by atoms with van der Waals surface area (Å²) in [5.41, 5.74) is 2.44. The zero-order valence-electron chi connectivity index (χ0n) is 10.1. The average molecular weight is 260 g/mol. The van der Waals surface area contributed by atoms with Crippen LogP contribution >= 0.6 is 0 Å². The molecule has 0 atom stereocenters. The zero-order valence-corrected chi connectivity index (χ0v) is 10.1. The third-order valence-corrected chi connectivity index (χ3v) is 2.49. The fraction of sp³-hybridized carbons (Fsp3) is 0.294. The van der Waals surface area contributed by atoms with Crippen LogP contribution in [0, 0.1) is 13.8 Å². The Kier molecular flexibility index (Phi) is 7.35. The molecule has 19 heavy (non-hydrogen) atoms. The predicted molar refractivity (Wildman–Crippen MR) is 81.9 cm³/mol. The summed E-state index contributed by atoms with van der Waals surface area (Å²) in [5, 5.41) is 0. The van der Waals surface area contributed by atoms with Crippen molar-refractivity contribution in [3.8, 4) is 11.5 Å². The quantitative estimate of drug-likeness (QED) is 0.721. The minimum absolute atomic E-state index is 0. The molecule has 2 aromatic carbocycles. The first-order valence-electron chi connectivity index (χ1n) is 5.63. The lowest BCUT2D eigenvalue weighted by Crippen LogP contribution is -2.05. The molecule has 104 valence electrons. The van der Waals surface area contributed by atoms with E-state index in [4.69, 9.17) is 9.47 Å². The van der Waals surface area contributed by atoms with Gasteiger partial charge in [-0.25, -0.2) is 0 Å². The molecule has 0 aliphatic heterocycles. The molecule has 0 heterocycles. The van der Waals surface area contributed by atoms with Crippen molar-refractivity contribution in [2.24, 2.45) is 0 Å². The molecule has 0 spiro atoms. The molecule has 0 aliphatic carbocycles. The molecule has 0 saturated heterocycles. The van der Waals surface area contributed by atoms with Gasteiger partial charge in [0.1, 0.15) is 11.5 Å². The first-order chi connectivity index (χ1) is 8.24. The summed E-state index contributed by atoms with van der Waals surface area (Å²) < 4.78 is 10.9. The van der Waals surface area contributed by atoms with Gasteiger partial charge in [0.25, 0.3) is 0 Å². The van der Waals surface area contributed by atoms with Crippen molar-refractivity contribution >= 4 is 0 Å². The molecule has 0 fully saturated rings. The van der Waals surface area contributed by atoms with E-state index in [1.54, 1.807) is 0 Å². The van der Waals surface area contributed by atoms with Crippen LogP contribution in [0.3, 0.4) is 0 Å². The average Bonchev–Trinajstić information content (AvgIpc) is 2.34. The van der Waals surface area contributed by atoms with E-state index >= 15 is 0 Å². The van der Waals surface area contributed by atoms with Crippen LogP contribution in [0.15, 0.2) is 48.5 Å². The SMILES string of the molecule is C.C.Cc1ccc(OCOc2ccc(C)cc2)cc1. The Hall–Kier alpha value is -1.96. The van der Waals surface area contributed by atoms with Crippen LogP contribution in [0.2, 0.25) is 0 Å². The molecule has 0 aliphatic rings. The monoisotopic (exact) mass is 260 g/mol. The maximum Gasteiger partial charge on any atom is 0.230 e. The molecule has 0 saturated carbocycles. The molecular weight excluding hydrogens is 236 g/mol. The van der Waals surface area contributed by atoms with E-state index < -0.39 is 0 Å². The minimum atomic E-state index is 0. The molecule has 2 heteroatoms. The Morgan fingerprint density at radius 3 is 1.26 bits per heavy atom. The Balaban J connectivity index is 0.00000162. The largest absolute Gasteiger partial charge is 0.458 e. The number of benzene rings is 2. The van der Waals surface area contributed by atoms with E-state index in [9.17, 15) is 0 Å². The number of rotatable bonds is 4. The highest BCUT2D eigenvalue weighted by atomic mass is 16.7. The lowest BCUT2D eigenvalue weighted by atomic mass is 10.2. The van der Waals surface area contributed by atoms with Crippen molar-refractivity contribution in [3.05, 3.63) is 59.7 Å². The van der Waals surface area contributed by atoms with Crippen molar-refractivity contribution < 1.29 is 9.47 Å². The molecule has 2 aromatic rings. The normalized spacial score (nSPS) is 8.95. The van der Waals surface area contributed by atoms with Gasteiger partial charge in [-0.05, 0) is 38.1 Å². The Bertz CT molecular complexity index is 412. The van der Waals surface area contributed by atoms with Crippen LogP contribution in [-0.2, 0) is 0 Å². The van der Waals surface area contributed by atoms with Crippen LogP contribution in [0.1, 0.15) is 26.0 Å². The van der Waals surface area contributed by atoms with Gasteiger partial charge in [0.15, 0.2) is 0 Å². The van der Waals surface area contributed by atoms with E-state index in [1.165, 1.54) is 11.1 Å². The maximum atomic E-state index is 5.47. The summed E-state index contributed by atoms with van der Waals surface area (Å²) in [6.45, 7) is 4.32. The number of ether oxygens (including phenoxy) is 2. The Morgan fingerprint density at radius 1 is 0.632 bits per heavy atom. The fourth-order valence-corrected chi connectivity index (χ4v) is 1.43. The lowest BCUT2D eigenvalue weighted by molar-refractivity contribution is 0.120. The number of hydrogen-bond acceptors (Lipinski definition) is 2. The van der Waals surface area contributed by atoms with Crippen molar-refractivity contribution in [2.75, 3.05) is 6.79 Å². The third kappa shape index (κ3) is 5.47. The second kappa shape index (κ2) is 8.20. The minimum Gasteiger partial charge on any atom is -0.458 e. The molecule has 2 rings (SSSR count). The van der Waals surface area contributed by atoms with Gasteiger partial charge in [-0.2, -0.15) is 0 Å². The molecule has 0 amide bonds. The number of aryl methyl sites for hydroxylation is 2. The topological polar surface area (TPSA) is 18.5 Å². The predicted octanol–water partition coefficient (Wildman–Crippen LogP) is 4.99. The first kappa shape index (κ1) is 17.0. The van der Waals surface area contributed by atoms with Gasteiger partial charge in [0.05, 0.1) is 0 Å². The van der Waals surface area contributed by atoms with Gasteiger partial charge >= 0.3 is 0 Å². The summed E-state index contributed by atoms with van der Waals surface area (Å²) in [7, 11) is 0. The second-order valence-electron chi connectivity index (χ2n) is 4.03. The molecular formula is C17H24O2. The number of hydrogen-bond donors (Lipinski definition) is 0. The van der Waals surface area contributed by atoms with Crippen LogP contribution in [0.4, 0.5) is 0 Å². The van der Waals surface area contributed by atoms with Crippen LogP contribution in [0.5, 0.6) is 11.5 Å². The van der Waals surface area contributed by atoms with Gasteiger partial charge in [-0.3, -0.25) is 0 Å². The summed E-state index contributed by atoms with van der Waals surface area (Å²) in [6, 6.07) is 15.8. The summed E-state index contributed by atoms with van der Waals surface area (Å²) in [5.74, 6) is 1.64.